The van der Waals surface area contributed by atoms with Gasteiger partial charge in [0.1, 0.15) is 0 Å². The summed E-state index contributed by atoms with van der Waals surface area (Å²) in [5, 5.41) is 11.7. The molecule has 1 aromatic rings. The third-order valence-corrected chi connectivity index (χ3v) is 3.34. The van der Waals surface area contributed by atoms with Crippen LogP contribution in [0, 0.1) is 0 Å². The van der Waals surface area contributed by atoms with Crippen molar-refractivity contribution in [3.63, 3.8) is 0 Å². The van der Waals surface area contributed by atoms with Crippen molar-refractivity contribution in [3.8, 4) is 0 Å². The van der Waals surface area contributed by atoms with Gasteiger partial charge in [0.15, 0.2) is 0 Å². The number of methoxy groups -OCH3 is 1. The van der Waals surface area contributed by atoms with E-state index >= 15 is 0 Å². The summed E-state index contributed by atoms with van der Waals surface area (Å²) < 4.78 is 5.56. The molecular weight excluding hydrogens is 300 g/mol. The van der Waals surface area contributed by atoms with Crippen LogP contribution in [0.4, 0.5) is 5.69 Å². The molecule has 0 aliphatic heterocycles. The maximum Gasteiger partial charge on any atom is 0.252 e. The summed E-state index contributed by atoms with van der Waals surface area (Å²) in [7, 11) is 1.55. The molecule has 1 unspecified atom stereocenters. The Labute approximate surface area is 114 Å². The van der Waals surface area contributed by atoms with Crippen LogP contribution < -0.4 is 11.1 Å². The molecule has 1 rings (SSSR count). The van der Waals surface area contributed by atoms with E-state index in [4.69, 9.17) is 15.6 Å². The monoisotopic (exact) mass is 316 g/mol. The van der Waals surface area contributed by atoms with Gasteiger partial charge in [0.25, 0.3) is 5.91 Å². The molecule has 4 N–H and O–H groups in total. The fourth-order valence-corrected chi connectivity index (χ4v) is 1.99. The predicted octanol–water partition coefficient (Wildman–Crippen LogP) is 1.16. The van der Waals surface area contributed by atoms with Gasteiger partial charge in [0.05, 0.1) is 22.7 Å². The number of nitrogen functional groups attached to an aromatic ring is 1. The number of anilines is 1. The highest BCUT2D eigenvalue weighted by atomic mass is 79.9. The van der Waals surface area contributed by atoms with Crippen LogP contribution in [-0.4, -0.2) is 37.4 Å². The number of hydrogen-bond acceptors (Lipinski definition) is 4. The Balaban J connectivity index is 2.77. The number of nitrogens with one attached hydrogen (secondary N) is 1. The lowest BCUT2D eigenvalue weighted by Crippen LogP contribution is -2.38. The summed E-state index contributed by atoms with van der Waals surface area (Å²) in [6.07, 6.45) is 0.444. The number of benzene rings is 1. The van der Waals surface area contributed by atoms with Gasteiger partial charge in [0.2, 0.25) is 0 Å². The van der Waals surface area contributed by atoms with Gasteiger partial charge >= 0.3 is 0 Å². The van der Waals surface area contributed by atoms with E-state index < -0.39 is 0 Å². The average molecular weight is 317 g/mol. The molecule has 6 heteroatoms. The van der Waals surface area contributed by atoms with E-state index in [1.165, 1.54) is 0 Å². The van der Waals surface area contributed by atoms with Crippen molar-refractivity contribution in [3.05, 3.63) is 28.2 Å². The Morgan fingerprint density at radius 1 is 1.61 bits per heavy atom. The molecule has 0 radical (unpaired) electrons. The first-order valence-corrected chi connectivity index (χ1v) is 6.34. The molecule has 0 aliphatic carbocycles. The normalized spacial score (nSPS) is 12.2. The Morgan fingerprint density at radius 2 is 2.33 bits per heavy atom. The second-order valence-corrected chi connectivity index (χ2v) is 4.64. The van der Waals surface area contributed by atoms with E-state index in [9.17, 15) is 4.79 Å². The van der Waals surface area contributed by atoms with Gasteiger partial charge in [-0.15, -0.1) is 0 Å². The van der Waals surface area contributed by atoms with Gasteiger partial charge in [-0.25, -0.2) is 0 Å². The first kappa shape index (κ1) is 14.9. The van der Waals surface area contributed by atoms with Crippen molar-refractivity contribution < 1.29 is 14.6 Å². The maximum absolute atomic E-state index is 12.0. The number of amides is 1. The molecule has 1 amide bonds. The minimum Gasteiger partial charge on any atom is -0.398 e. The number of ether oxygens (including phenoxy) is 1. The SMILES string of the molecule is COCC(CCO)NC(=O)c1cccc(N)c1Br. The molecule has 0 saturated carbocycles. The van der Waals surface area contributed by atoms with Gasteiger partial charge in [-0.1, -0.05) is 6.07 Å². The third-order valence-electron chi connectivity index (χ3n) is 2.45. The molecular formula is C12H17BrN2O3. The summed E-state index contributed by atoms with van der Waals surface area (Å²) in [5.74, 6) is -0.246. The first-order chi connectivity index (χ1) is 8.60. The molecule has 18 heavy (non-hydrogen) atoms. The zero-order valence-electron chi connectivity index (χ0n) is 10.1. The lowest BCUT2D eigenvalue weighted by Gasteiger charge is -2.17. The third kappa shape index (κ3) is 3.97. The van der Waals surface area contributed by atoms with E-state index in [1.54, 1.807) is 25.3 Å². The highest BCUT2D eigenvalue weighted by molar-refractivity contribution is 9.10. The Morgan fingerprint density at radius 3 is 2.94 bits per heavy atom. The van der Waals surface area contributed by atoms with Crippen LogP contribution >= 0.6 is 15.9 Å². The molecule has 0 aromatic heterocycles. The molecule has 0 fully saturated rings. The Bertz CT molecular complexity index is 406. The molecule has 1 atom stereocenters. The van der Waals surface area contributed by atoms with E-state index in [2.05, 4.69) is 21.2 Å². The maximum atomic E-state index is 12.0. The van der Waals surface area contributed by atoms with Gasteiger partial charge < -0.3 is 20.9 Å². The van der Waals surface area contributed by atoms with E-state index in [0.29, 0.717) is 28.8 Å². The molecule has 0 aliphatic rings. The summed E-state index contributed by atoms with van der Waals surface area (Å²) in [6.45, 7) is 0.346. The highest BCUT2D eigenvalue weighted by Crippen LogP contribution is 2.23. The van der Waals surface area contributed by atoms with Crippen LogP contribution in [0.3, 0.4) is 0 Å². The largest absolute Gasteiger partial charge is 0.398 e. The van der Waals surface area contributed by atoms with Crippen LogP contribution in [0.25, 0.3) is 0 Å². The summed E-state index contributed by atoms with van der Waals surface area (Å²) >= 11 is 3.28. The van der Waals surface area contributed by atoms with E-state index in [-0.39, 0.29) is 18.6 Å². The minimum absolute atomic E-state index is 0.00753. The van der Waals surface area contributed by atoms with Crippen LogP contribution in [0.15, 0.2) is 22.7 Å². The zero-order chi connectivity index (χ0) is 13.5. The number of carbonyl (C=O) groups excluding carboxylic acids is 1. The van der Waals surface area contributed by atoms with Crippen LogP contribution in [0.5, 0.6) is 0 Å². The second-order valence-electron chi connectivity index (χ2n) is 3.85. The number of nitrogens with two attached hydrogens (primary N) is 1. The number of aliphatic hydroxyl groups is 1. The van der Waals surface area contributed by atoms with Gasteiger partial charge in [0, 0.05) is 19.4 Å². The number of rotatable bonds is 6. The van der Waals surface area contributed by atoms with Crippen molar-refractivity contribution in [2.45, 2.75) is 12.5 Å². The van der Waals surface area contributed by atoms with Gasteiger partial charge in [-0.05, 0) is 34.5 Å². The van der Waals surface area contributed by atoms with Gasteiger partial charge in [-0.2, -0.15) is 0 Å². The minimum atomic E-state index is -0.246. The highest BCUT2D eigenvalue weighted by Gasteiger charge is 2.16. The second kappa shape index (κ2) is 7.35. The molecule has 0 saturated heterocycles. The van der Waals surface area contributed by atoms with Crippen molar-refractivity contribution in [1.82, 2.24) is 5.32 Å². The first-order valence-electron chi connectivity index (χ1n) is 5.54. The van der Waals surface area contributed by atoms with Crippen molar-refractivity contribution in [1.29, 1.82) is 0 Å². The van der Waals surface area contributed by atoms with Crippen molar-refractivity contribution >= 4 is 27.5 Å². The van der Waals surface area contributed by atoms with Crippen molar-refractivity contribution in [2.24, 2.45) is 0 Å². The van der Waals surface area contributed by atoms with Crippen LogP contribution in [-0.2, 0) is 4.74 Å². The molecule has 1 aromatic carbocycles. The molecule has 0 bridgehead atoms. The average Bonchev–Trinajstić information content (AvgIpc) is 2.33. The Kier molecular flexibility index (Phi) is 6.11. The number of aliphatic hydroxyl groups excluding tert-OH is 1. The lowest BCUT2D eigenvalue weighted by molar-refractivity contribution is 0.0878. The van der Waals surface area contributed by atoms with E-state index in [1.807, 2.05) is 0 Å². The predicted molar refractivity (Wildman–Crippen MR) is 73.4 cm³/mol. The summed E-state index contributed by atoms with van der Waals surface area (Å²) in [5.41, 5.74) is 6.69. The smallest absolute Gasteiger partial charge is 0.252 e. The van der Waals surface area contributed by atoms with E-state index in [0.717, 1.165) is 0 Å². The summed E-state index contributed by atoms with van der Waals surface area (Å²) in [6, 6.07) is 4.88. The summed E-state index contributed by atoms with van der Waals surface area (Å²) in [4.78, 5) is 12.0. The van der Waals surface area contributed by atoms with Crippen LogP contribution in [0.2, 0.25) is 0 Å². The van der Waals surface area contributed by atoms with Gasteiger partial charge in [-0.3, -0.25) is 4.79 Å². The molecule has 0 heterocycles. The zero-order valence-corrected chi connectivity index (χ0v) is 11.7. The molecule has 0 spiro atoms. The quantitative estimate of drug-likeness (QED) is 0.688. The lowest BCUT2D eigenvalue weighted by atomic mass is 10.1. The molecule has 5 nitrogen and oxygen atoms in total. The standard InChI is InChI=1S/C12H17BrN2O3/c1-18-7-8(5-6-16)15-12(17)9-3-2-4-10(14)11(9)13/h2-4,8,16H,5-7,14H2,1H3,(H,15,17). The number of halogens is 1. The van der Waals surface area contributed by atoms with Crippen LogP contribution in [0.1, 0.15) is 16.8 Å². The van der Waals surface area contributed by atoms with Crippen molar-refractivity contribution in [2.75, 3.05) is 26.1 Å². The fourth-order valence-electron chi connectivity index (χ4n) is 1.54. The fraction of sp³-hybridized carbons (Fsp3) is 0.417. The Hall–Kier alpha value is -1.11. The number of carbonyl (C=O) groups is 1. The topological polar surface area (TPSA) is 84.6 Å². The molecule has 100 valence electrons. The number of hydrogen-bond donors (Lipinski definition) is 3.